The summed E-state index contributed by atoms with van der Waals surface area (Å²) < 4.78 is 0. The van der Waals surface area contributed by atoms with Gasteiger partial charge in [0.2, 0.25) is 0 Å². The van der Waals surface area contributed by atoms with Gasteiger partial charge in [0.05, 0.1) is 0 Å². The number of rotatable bonds is 2. The first-order chi connectivity index (χ1) is 5.74. The molecule has 0 saturated carbocycles. The molecule has 0 fully saturated rings. The minimum atomic E-state index is 0.487. The number of allylic oxidation sites excluding steroid dienone is 1. The fourth-order valence-corrected chi connectivity index (χ4v) is 1.19. The van der Waals surface area contributed by atoms with Crippen LogP contribution in [0.4, 0.5) is 5.69 Å². The standard InChI is InChI=1S/C9H9Cl2N/c10-5-1-2-7-3-4-8(12)6-9(7)11/h1-4,6H,5,12H2. The van der Waals surface area contributed by atoms with Crippen LogP contribution in [0.25, 0.3) is 6.08 Å². The molecule has 0 heterocycles. The summed E-state index contributed by atoms with van der Waals surface area (Å²) in [4.78, 5) is 0. The van der Waals surface area contributed by atoms with Crippen LogP contribution < -0.4 is 5.73 Å². The van der Waals surface area contributed by atoms with Crippen molar-refractivity contribution in [2.45, 2.75) is 0 Å². The molecule has 0 aliphatic rings. The van der Waals surface area contributed by atoms with E-state index >= 15 is 0 Å². The van der Waals surface area contributed by atoms with Gasteiger partial charge in [0, 0.05) is 16.6 Å². The van der Waals surface area contributed by atoms with E-state index in [1.807, 2.05) is 18.2 Å². The molecular weight excluding hydrogens is 193 g/mol. The number of alkyl halides is 1. The maximum Gasteiger partial charge on any atom is 0.0498 e. The summed E-state index contributed by atoms with van der Waals surface area (Å²) in [5.74, 6) is 0.487. The average molecular weight is 202 g/mol. The third kappa shape index (κ3) is 2.43. The molecule has 0 aliphatic heterocycles. The van der Waals surface area contributed by atoms with E-state index in [4.69, 9.17) is 28.9 Å². The largest absolute Gasteiger partial charge is 0.399 e. The summed E-state index contributed by atoms with van der Waals surface area (Å²) in [5.41, 5.74) is 7.13. The van der Waals surface area contributed by atoms with E-state index in [0.29, 0.717) is 16.6 Å². The molecular formula is C9H9Cl2N. The zero-order valence-corrected chi connectivity index (χ0v) is 7.94. The number of nitrogen functional groups attached to an aromatic ring is 1. The van der Waals surface area contributed by atoms with Crippen LogP contribution in [0.15, 0.2) is 24.3 Å². The Morgan fingerprint density at radius 3 is 2.75 bits per heavy atom. The Morgan fingerprint density at radius 2 is 2.17 bits per heavy atom. The van der Waals surface area contributed by atoms with Gasteiger partial charge >= 0.3 is 0 Å². The van der Waals surface area contributed by atoms with Crippen LogP contribution in [0.1, 0.15) is 5.56 Å². The molecule has 0 spiro atoms. The fourth-order valence-electron chi connectivity index (χ4n) is 0.850. The number of hydrogen-bond acceptors (Lipinski definition) is 1. The highest BCUT2D eigenvalue weighted by Gasteiger charge is 1.95. The molecule has 1 aromatic carbocycles. The summed E-state index contributed by atoms with van der Waals surface area (Å²) in [6.07, 6.45) is 3.70. The van der Waals surface area contributed by atoms with Crippen LogP contribution in [0.5, 0.6) is 0 Å². The quantitative estimate of drug-likeness (QED) is 0.578. The second-order valence-electron chi connectivity index (χ2n) is 2.34. The number of benzene rings is 1. The molecule has 1 nitrogen and oxygen atoms in total. The minimum Gasteiger partial charge on any atom is -0.399 e. The SMILES string of the molecule is Nc1ccc(C=CCCl)c(Cl)c1. The summed E-state index contributed by atoms with van der Waals surface area (Å²) in [7, 11) is 0. The van der Waals surface area contributed by atoms with E-state index in [9.17, 15) is 0 Å². The Morgan fingerprint density at radius 1 is 1.42 bits per heavy atom. The van der Waals surface area contributed by atoms with Crippen molar-refractivity contribution in [3.8, 4) is 0 Å². The molecule has 1 rings (SSSR count). The van der Waals surface area contributed by atoms with Gasteiger partial charge in [0.1, 0.15) is 0 Å². The normalized spacial score (nSPS) is 10.8. The highest BCUT2D eigenvalue weighted by molar-refractivity contribution is 6.32. The lowest BCUT2D eigenvalue weighted by Crippen LogP contribution is -1.84. The molecule has 0 amide bonds. The van der Waals surface area contributed by atoms with Crippen molar-refractivity contribution in [3.63, 3.8) is 0 Å². The third-order valence-corrected chi connectivity index (χ3v) is 1.92. The highest BCUT2D eigenvalue weighted by Crippen LogP contribution is 2.20. The van der Waals surface area contributed by atoms with Gasteiger partial charge < -0.3 is 5.73 Å². The summed E-state index contributed by atoms with van der Waals surface area (Å²) in [6.45, 7) is 0. The van der Waals surface area contributed by atoms with Crippen molar-refractivity contribution in [1.29, 1.82) is 0 Å². The maximum absolute atomic E-state index is 5.89. The first kappa shape index (κ1) is 9.43. The number of anilines is 1. The monoisotopic (exact) mass is 201 g/mol. The maximum atomic E-state index is 5.89. The Hall–Kier alpha value is -0.660. The van der Waals surface area contributed by atoms with Gasteiger partial charge in [-0.2, -0.15) is 0 Å². The van der Waals surface area contributed by atoms with Gasteiger partial charge in [-0.3, -0.25) is 0 Å². The highest BCUT2D eigenvalue weighted by atomic mass is 35.5. The topological polar surface area (TPSA) is 26.0 Å². The molecule has 0 aliphatic carbocycles. The molecule has 3 heteroatoms. The molecule has 1 aromatic rings. The molecule has 2 N–H and O–H groups in total. The van der Waals surface area contributed by atoms with Crippen molar-refractivity contribution >= 4 is 35.0 Å². The smallest absolute Gasteiger partial charge is 0.0498 e. The minimum absolute atomic E-state index is 0.487. The Bertz CT molecular complexity index is 295. The lowest BCUT2D eigenvalue weighted by atomic mass is 10.2. The van der Waals surface area contributed by atoms with E-state index in [-0.39, 0.29) is 0 Å². The Labute approximate surface area is 81.8 Å². The van der Waals surface area contributed by atoms with Crippen LogP contribution in [0.3, 0.4) is 0 Å². The van der Waals surface area contributed by atoms with Gasteiger partial charge in [-0.25, -0.2) is 0 Å². The molecule has 0 saturated heterocycles. The summed E-state index contributed by atoms with van der Waals surface area (Å²) in [5, 5.41) is 0.649. The van der Waals surface area contributed by atoms with E-state index in [1.165, 1.54) is 0 Å². The van der Waals surface area contributed by atoms with Gasteiger partial charge in [0.25, 0.3) is 0 Å². The van der Waals surface area contributed by atoms with Gasteiger partial charge in [-0.1, -0.05) is 29.8 Å². The molecule has 0 bridgehead atoms. The molecule has 12 heavy (non-hydrogen) atoms. The van der Waals surface area contributed by atoms with E-state index in [1.54, 1.807) is 12.1 Å². The number of nitrogens with two attached hydrogens (primary N) is 1. The van der Waals surface area contributed by atoms with Crippen LogP contribution in [0, 0.1) is 0 Å². The average Bonchev–Trinajstić information content (AvgIpc) is 2.03. The van der Waals surface area contributed by atoms with Crippen molar-refractivity contribution in [2.75, 3.05) is 11.6 Å². The zero-order valence-electron chi connectivity index (χ0n) is 6.43. The predicted molar refractivity (Wildman–Crippen MR) is 55.6 cm³/mol. The number of hydrogen-bond donors (Lipinski definition) is 1. The van der Waals surface area contributed by atoms with E-state index in [0.717, 1.165) is 5.56 Å². The van der Waals surface area contributed by atoms with Crippen molar-refractivity contribution in [1.82, 2.24) is 0 Å². The lowest BCUT2D eigenvalue weighted by molar-refractivity contribution is 1.63. The molecule has 0 aromatic heterocycles. The first-order valence-electron chi connectivity index (χ1n) is 3.51. The first-order valence-corrected chi connectivity index (χ1v) is 4.43. The Balaban J connectivity index is 2.94. The number of halogens is 2. The lowest BCUT2D eigenvalue weighted by Gasteiger charge is -1.98. The van der Waals surface area contributed by atoms with Gasteiger partial charge in [-0.15, -0.1) is 11.6 Å². The third-order valence-electron chi connectivity index (χ3n) is 1.41. The van der Waals surface area contributed by atoms with Crippen molar-refractivity contribution in [3.05, 3.63) is 34.9 Å². The fraction of sp³-hybridized carbons (Fsp3) is 0.111. The van der Waals surface area contributed by atoms with E-state index in [2.05, 4.69) is 0 Å². The second kappa shape index (κ2) is 4.39. The Kier molecular flexibility index (Phi) is 3.45. The van der Waals surface area contributed by atoms with Crippen LogP contribution in [0.2, 0.25) is 5.02 Å². The summed E-state index contributed by atoms with van der Waals surface area (Å²) in [6, 6.07) is 5.38. The van der Waals surface area contributed by atoms with Crippen LogP contribution in [-0.2, 0) is 0 Å². The summed E-state index contributed by atoms with van der Waals surface area (Å²) >= 11 is 11.4. The van der Waals surface area contributed by atoms with Crippen LogP contribution >= 0.6 is 23.2 Å². The van der Waals surface area contributed by atoms with Gasteiger partial charge in [-0.05, 0) is 17.7 Å². The van der Waals surface area contributed by atoms with Crippen LogP contribution in [-0.4, -0.2) is 5.88 Å². The van der Waals surface area contributed by atoms with Crippen molar-refractivity contribution < 1.29 is 0 Å². The zero-order chi connectivity index (χ0) is 8.97. The second-order valence-corrected chi connectivity index (χ2v) is 3.05. The van der Waals surface area contributed by atoms with E-state index < -0.39 is 0 Å². The molecule has 64 valence electrons. The van der Waals surface area contributed by atoms with Crippen molar-refractivity contribution in [2.24, 2.45) is 0 Å². The molecule has 0 atom stereocenters. The molecule has 0 radical (unpaired) electrons. The molecule has 0 unspecified atom stereocenters. The predicted octanol–water partition coefficient (Wildman–Crippen LogP) is 3.17. The van der Waals surface area contributed by atoms with Gasteiger partial charge in [0.15, 0.2) is 0 Å².